The van der Waals surface area contributed by atoms with Crippen LogP contribution < -0.4 is 0 Å². The zero-order valence-corrected chi connectivity index (χ0v) is 10.7. The van der Waals surface area contributed by atoms with Gasteiger partial charge >= 0.3 is 5.97 Å². The van der Waals surface area contributed by atoms with Gasteiger partial charge in [-0.25, -0.2) is 13.2 Å². The van der Waals surface area contributed by atoms with Crippen LogP contribution in [-0.4, -0.2) is 11.1 Å². The van der Waals surface area contributed by atoms with Gasteiger partial charge in [-0.15, -0.1) is 0 Å². The monoisotopic (exact) mass is 310 g/mol. The molecule has 0 aliphatic heterocycles. The molecule has 1 N–H and O–H groups in total. The standard InChI is InChI=1S/C11H10BrF3O2/c1-11(2,4-7(16)17)5-3-6(13)10(15)8(12)9(5)14/h3H,4H2,1-2H3,(H,16,17). The number of hydrogen-bond donors (Lipinski definition) is 1. The lowest BCUT2D eigenvalue weighted by Crippen LogP contribution is -2.24. The Balaban J connectivity index is 3.37. The normalized spacial score (nSPS) is 11.6. The molecule has 0 bridgehead atoms. The van der Waals surface area contributed by atoms with Crippen LogP contribution in [0.2, 0.25) is 0 Å². The van der Waals surface area contributed by atoms with E-state index in [2.05, 4.69) is 15.9 Å². The van der Waals surface area contributed by atoms with Crippen molar-refractivity contribution in [2.24, 2.45) is 0 Å². The molecule has 1 rings (SSSR count). The van der Waals surface area contributed by atoms with Gasteiger partial charge in [0.05, 0.1) is 10.9 Å². The van der Waals surface area contributed by atoms with Crippen molar-refractivity contribution in [1.82, 2.24) is 0 Å². The molecular formula is C11H10BrF3O2. The number of benzene rings is 1. The van der Waals surface area contributed by atoms with Gasteiger partial charge in [-0.05, 0) is 27.6 Å². The second-order valence-corrected chi connectivity index (χ2v) is 5.10. The van der Waals surface area contributed by atoms with E-state index in [-0.39, 0.29) is 12.0 Å². The van der Waals surface area contributed by atoms with Crippen LogP contribution in [0, 0.1) is 17.5 Å². The number of aliphatic carboxylic acids is 1. The summed E-state index contributed by atoms with van der Waals surface area (Å²) in [5, 5.41) is 8.69. The zero-order chi connectivity index (χ0) is 13.4. The van der Waals surface area contributed by atoms with Gasteiger partial charge in [-0.1, -0.05) is 13.8 Å². The number of rotatable bonds is 3. The van der Waals surface area contributed by atoms with Crippen molar-refractivity contribution in [1.29, 1.82) is 0 Å². The number of halogens is 4. The minimum atomic E-state index is -1.32. The number of carboxylic acids is 1. The minimum absolute atomic E-state index is 0.175. The molecule has 17 heavy (non-hydrogen) atoms. The SMILES string of the molecule is CC(C)(CC(=O)O)c1cc(F)c(F)c(Br)c1F. The van der Waals surface area contributed by atoms with Gasteiger partial charge in [0.25, 0.3) is 0 Å². The molecule has 1 aromatic rings. The Hall–Kier alpha value is -1.04. The second-order valence-electron chi connectivity index (χ2n) is 4.30. The van der Waals surface area contributed by atoms with Gasteiger partial charge in [-0.3, -0.25) is 4.79 Å². The third kappa shape index (κ3) is 2.80. The van der Waals surface area contributed by atoms with E-state index >= 15 is 0 Å². The highest BCUT2D eigenvalue weighted by Crippen LogP contribution is 2.34. The molecule has 0 amide bonds. The summed E-state index contributed by atoms with van der Waals surface area (Å²) < 4.78 is 39.3. The first-order valence-corrected chi connectivity index (χ1v) is 5.51. The first kappa shape index (κ1) is 14.0. The summed E-state index contributed by atoms with van der Waals surface area (Å²) >= 11 is 2.60. The number of carbonyl (C=O) groups is 1. The quantitative estimate of drug-likeness (QED) is 0.684. The van der Waals surface area contributed by atoms with Gasteiger partial charge in [-0.2, -0.15) is 0 Å². The highest BCUT2D eigenvalue weighted by atomic mass is 79.9. The van der Waals surface area contributed by atoms with Crippen LogP contribution in [-0.2, 0) is 10.2 Å². The van der Waals surface area contributed by atoms with E-state index in [1.54, 1.807) is 0 Å². The summed E-state index contributed by atoms with van der Waals surface area (Å²) in [6, 6.07) is 0.693. The summed E-state index contributed by atoms with van der Waals surface area (Å²) in [7, 11) is 0. The summed E-state index contributed by atoms with van der Waals surface area (Å²) in [6.45, 7) is 2.90. The summed E-state index contributed by atoms with van der Waals surface area (Å²) in [6.07, 6.45) is -0.387. The lowest BCUT2D eigenvalue weighted by atomic mass is 9.81. The van der Waals surface area contributed by atoms with Gasteiger partial charge in [0.2, 0.25) is 0 Å². The fourth-order valence-electron chi connectivity index (χ4n) is 1.54. The molecular weight excluding hydrogens is 301 g/mol. The molecule has 0 unspecified atom stereocenters. The first-order valence-electron chi connectivity index (χ1n) is 4.72. The molecule has 6 heteroatoms. The van der Waals surface area contributed by atoms with Crippen LogP contribution in [0.5, 0.6) is 0 Å². The Morgan fingerprint density at radius 1 is 1.35 bits per heavy atom. The van der Waals surface area contributed by atoms with Crippen molar-refractivity contribution < 1.29 is 23.1 Å². The molecule has 0 atom stereocenters. The molecule has 0 aliphatic rings. The zero-order valence-electron chi connectivity index (χ0n) is 9.15. The average Bonchev–Trinajstić information content (AvgIpc) is 2.18. The van der Waals surface area contributed by atoms with Gasteiger partial charge in [0, 0.05) is 5.41 Å². The van der Waals surface area contributed by atoms with Crippen LogP contribution in [0.4, 0.5) is 13.2 Å². The Morgan fingerprint density at radius 3 is 2.35 bits per heavy atom. The predicted octanol–water partition coefficient (Wildman–Crippen LogP) is 3.62. The highest BCUT2D eigenvalue weighted by molar-refractivity contribution is 9.10. The van der Waals surface area contributed by atoms with E-state index in [1.165, 1.54) is 13.8 Å². The van der Waals surface area contributed by atoms with Gasteiger partial charge < -0.3 is 5.11 Å². The van der Waals surface area contributed by atoms with E-state index in [0.717, 1.165) is 0 Å². The molecule has 0 saturated heterocycles. The third-order valence-electron chi connectivity index (χ3n) is 2.42. The maximum atomic E-state index is 13.7. The maximum Gasteiger partial charge on any atom is 0.304 e. The molecule has 0 heterocycles. The number of carboxylic acid groups (broad SMARTS) is 1. The van der Waals surface area contributed by atoms with Crippen molar-refractivity contribution in [2.45, 2.75) is 25.7 Å². The minimum Gasteiger partial charge on any atom is -0.481 e. The molecule has 0 aromatic heterocycles. The fraction of sp³-hybridized carbons (Fsp3) is 0.364. The predicted molar refractivity (Wildman–Crippen MR) is 59.3 cm³/mol. The molecule has 94 valence electrons. The molecule has 1 aromatic carbocycles. The van der Waals surface area contributed by atoms with Crippen LogP contribution in [0.15, 0.2) is 10.5 Å². The Bertz CT molecular complexity index is 472. The topological polar surface area (TPSA) is 37.3 Å². The smallest absolute Gasteiger partial charge is 0.304 e. The summed E-state index contributed by atoms with van der Waals surface area (Å²) in [5.74, 6) is -4.66. The van der Waals surface area contributed by atoms with Crippen molar-refractivity contribution in [3.05, 3.63) is 33.6 Å². The summed E-state index contributed by atoms with van der Waals surface area (Å²) in [5.41, 5.74) is -1.31. The van der Waals surface area contributed by atoms with Crippen LogP contribution in [0.25, 0.3) is 0 Å². The molecule has 0 saturated carbocycles. The Morgan fingerprint density at radius 2 is 1.88 bits per heavy atom. The second kappa shape index (κ2) is 4.68. The van der Waals surface area contributed by atoms with Crippen LogP contribution in [0.3, 0.4) is 0 Å². The van der Waals surface area contributed by atoms with Crippen molar-refractivity contribution in [3.63, 3.8) is 0 Å². The van der Waals surface area contributed by atoms with Crippen LogP contribution in [0.1, 0.15) is 25.8 Å². The van der Waals surface area contributed by atoms with E-state index in [1.807, 2.05) is 0 Å². The van der Waals surface area contributed by atoms with Gasteiger partial charge in [0.1, 0.15) is 5.82 Å². The molecule has 0 fully saturated rings. The lowest BCUT2D eigenvalue weighted by Gasteiger charge is -2.24. The Labute approximate surface area is 105 Å². The third-order valence-corrected chi connectivity index (χ3v) is 3.12. The molecule has 0 spiro atoms. The van der Waals surface area contributed by atoms with E-state index < -0.39 is 33.3 Å². The van der Waals surface area contributed by atoms with E-state index in [4.69, 9.17) is 5.11 Å². The van der Waals surface area contributed by atoms with E-state index in [0.29, 0.717) is 6.07 Å². The lowest BCUT2D eigenvalue weighted by molar-refractivity contribution is -0.138. The van der Waals surface area contributed by atoms with Crippen molar-refractivity contribution >= 4 is 21.9 Å². The van der Waals surface area contributed by atoms with Crippen LogP contribution >= 0.6 is 15.9 Å². The summed E-state index contributed by atoms with van der Waals surface area (Å²) in [4.78, 5) is 10.6. The maximum absolute atomic E-state index is 13.7. The number of hydrogen-bond acceptors (Lipinski definition) is 1. The van der Waals surface area contributed by atoms with Crippen molar-refractivity contribution in [2.75, 3.05) is 0 Å². The van der Waals surface area contributed by atoms with E-state index in [9.17, 15) is 18.0 Å². The molecule has 0 radical (unpaired) electrons. The largest absolute Gasteiger partial charge is 0.481 e. The average molecular weight is 311 g/mol. The highest BCUT2D eigenvalue weighted by Gasteiger charge is 2.30. The van der Waals surface area contributed by atoms with Crippen molar-refractivity contribution in [3.8, 4) is 0 Å². The fourth-order valence-corrected chi connectivity index (χ4v) is 1.94. The first-order chi connectivity index (χ1) is 7.66. The molecule has 0 aliphatic carbocycles. The molecule has 2 nitrogen and oxygen atoms in total. The Kier molecular flexibility index (Phi) is 3.86. The van der Waals surface area contributed by atoms with Gasteiger partial charge in [0.15, 0.2) is 11.6 Å².